The molecule has 0 spiro atoms. The van der Waals surface area contributed by atoms with E-state index in [-0.39, 0.29) is 20.5 Å². The van der Waals surface area contributed by atoms with E-state index in [1.165, 1.54) is 23.5 Å². The van der Waals surface area contributed by atoms with E-state index < -0.39 is 17.3 Å². The Morgan fingerprint density at radius 3 is 2.52 bits per heavy atom. The summed E-state index contributed by atoms with van der Waals surface area (Å²) in [5.41, 5.74) is -1.18. The van der Waals surface area contributed by atoms with E-state index in [1.807, 2.05) is 5.38 Å². The van der Waals surface area contributed by atoms with Crippen LogP contribution in [0.25, 0.3) is 17.3 Å². The predicted molar refractivity (Wildman–Crippen MR) is 96.7 cm³/mol. The lowest BCUT2D eigenvalue weighted by molar-refractivity contribution is -0.137. The van der Waals surface area contributed by atoms with Crippen LogP contribution in [0.1, 0.15) is 11.1 Å². The lowest BCUT2D eigenvalue weighted by atomic mass is 10.2. The summed E-state index contributed by atoms with van der Waals surface area (Å²) in [5.74, 6) is 0. The van der Waals surface area contributed by atoms with Crippen molar-refractivity contribution in [3.63, 3.8) is 0 Å². The van der Waals surface area contributed by atoms with Crippen LogP contribution >= 0.6 is 22.7 Å². The van der Waals surface area contributed by atoms with E-state index in [2.05, 4.69) is 0 Å². The van der Waals surface area contributed by atoms with Crippen LogP contribution in [0.2, 0.25) is 0 Å². The Morgan fingerprint density at radius 1 is 1.19 bits per heavy atom. The largest absolute Gasteiger partial charge is 0.416 e. The minimum absolute atomic E-state index is 0.00851. The molecule has 1 aromatic carbocycles. The van der Waals surface area contributed by atoms with Gasteiger partial charge in [0.25, 0.3) is 5.56 Å². The second-order valence-electron chi connectivity index (χ2n) is 5.26. The molecule has 3 aromatic rings. The highest BCUT2D eigenvalue weighted by molar-refractivity contribution is 7.08. The Bertz CT molecular complexity index is 1240. The van der Waals surface area contributed by atoms with Crippen LogP contribution in [0.15, 0.2) is 45.9 Å². The number of halogens is 3. The van der Waals surface area contributed by atoms with Crippen molar-refractivity contribution >= 4 is 34.3 Å². The van der Waals surface area contributed by atoms with Crippen LogP contribution in [-0.4, -0.2) is 4.57 Å². The first-order chi connectivity index (χ1) is 12.8. The molecular formula is C18H8F3N3OS2. The van der Waals surface area contributed by atoms with Crippen LogP contribution in [0.5, 0.6) is 0 Å². The molecule has 0 aliphatic carbocycles. The number of thiazole rings is 1. The van der Waals surface area contributed by atoms with Gasteiger partial charge in [0.2, 0.25) is 0 Å². The Kier molecular flexibility index (Phi) is 5.00. The average molecular weight is 403 g/mol. The quantitative estimate of drug-likeness (QED) is 0.661. The molecule has 0 radical (unpaired) electrons. The molecule has 0 saturated heterocycles. The molecule has 2 aromatic heterocycles. The second kappa shape index (κ2) is 7.23. The van der Waals surface area contributed by atoms with Gasteiger partial charge in [0.15, 0.2) is 5.57 Å². The maximum absolute atomic E-state index is 13.0. The molecule has 2 heterocycles. The standard InChI is InChI=1S/C18H8F3N3OS2/c19-18(20,21)13-2-1-3-14(7-13)24-16(25)15(6-11-4-5-26-10-11)27-17(24)12(8-22)9-23/h1-7,10H. The van der Waals surface area contributed by atoms with Crippen molar-refractivity contribution in [3.05, 3.63) is 71.8 Å². The lowest BCUT2D eigenvalue weighted by Crippen LogP contribution is -2.30. The molecule has 27 heavy (non-hydrogen) atoms. The minimum atomic E-state index is -4.58. The van der Waals surface area contributed by atoms with Gasteiger partial charge in [-0.05, 0) is 46.7 Å². The van der Waals surface area contributed by atoms with Gasteiger partial charge in [0, 0.05) is 0 Å². The van der Waals surface area contributed by atoms with Gasteiger partial charge in [0.1, 0.15) is 16.8 Å². The SMILES string of the molecule is N#CC(C#N)=c1sc(=Cc2ccsc2)c(=O)n1-c1cccc(C(F)(F)F)c1. The fourth-order valence-corrected chi connectivity index (χ4v) is 4.01. The van der Waals surface area contributed by atoms with Crippen molar-refractivity contribution in [1.82, 2.24) is 4.57 Å². The molecule has 0 bridgehead atoms. The van der Waals surface area contributed by atoms with Gasteiger partial charge in [-0.25, -0.2) is 0 Å². The zero-order chi connectivity index (χ0) is 19.6. The highest BCUT2D eigenvalue weighted by atomic mass is 32.1. The van der Waals surface area contributed by atoms with Crippen LogP contribution in [0.4, 0.5) is 13.2 Å². The summed E-state index contributed by atoms with van der Waals surface area (Å²) in [7, 11) is 0. The van der Waals surface area contributed by atoms with Crippen LogP contribution in [0, 0.1) is 22.7 Å². The molecule has 0 aliphatic rings. The highest BCUT2D eigenvalue weighted by Gasteiger charge is 2.30. The molecule has 0 fully saturated rings. The average Bonchev–Trinajstić information content (AvgIpc) is 3.25. The molecule has 0 saturated carbocycles. The summed E-state index contributed by atoms with van der Waals surface area (Å²) in [6.45, 7) is 0. The zero-order valence-electron chi connectivity index (χ0n) is 13.3. The summed E-state index contributed by atoms with van der Waals surface area (Å²) < 4.78 is 40.3. The Hall–Kier alpha value is -3.14. The monoisotopic (exact) mass is 403 g/mol. The van der Waals surface area contributed by atoms with Crippen LogP contribution < -0.4 is 14.8 Å². The van der Waals surface area contributed by atoms with Crippen molar-refractivity contribution in [2.24, 2.45) is 0 Å². The molecule has 134 valence electrons. The van der Waals surface area contributed by atoms with Crippen molar-refractivity contribution in [1.29, 1.82) is 10.5 Å². The summed E-state index contributed by atoms with van der Waals surface area (Å²) in [6, 6.07) is 9.37. The second-order valence-corrected chi connectivity index (χ2v) is 7.07. The van der Waals surface area contributed by atoms with Gasteiger partial charge in [0.05, 0.1) is 15.8 Å². The summed E-state index contributed by atoms with van der Waals surface area (Å²) in [4.78, 5) is 12.8. The van der Waals surface area contributed by atoms with E-state index in [4.69, 9.17) is 0 Å². The molecular weight excluding hydrogens is 395 g/mol. The van der Waals surface area contributed by atoms with Crippen molar-refractivity contribution in [2.75, 3.05) is 0 Å². The van der Waals surface area contributed by atoms with Gasteiger partial charge in [-0.1, -0.05) is 6.07 Å². The van der Waals surface area contributed by atoms with Gasteiger partial charge >= 0.3 is 6.18 Å². The fraction of sp³-hybridized carbons (Fsp3) is 0.0556. The molecule has 0 atom stereocenters. The van der Waals surface area contributed by atoms with E-state index in [0.717, 1.165) is 33.6 Å². The summed E-state index contributed by atoms with van der Waals surface area (Å²) >= 11 is 2.31. The van der Waals surface area contributed by atoms with Gasteiger partial charge in [-0.3, -0.25) is 9.36 Å². The number of nitriles is 2. The normalized spacial score (nSPS) is 11.8. The fourth-order valence-electron chi connectivity index (χ4n) is 2.33. The molecule has 0 aliphatic heterocycles. The first-order valence-electron chi connectivity index (χ1n) is 7.33. The Balaban J connectivity index is 2.39. The van der Waals surface area contributed by atoms with Gasteiger partial charge in [-0.15, -0.1) is 11.3 Å². The van der Waals surface area contributed by atoms with Crippen molar-refractivity contribution in [3.8, 4) is 17.8 Å². The third-order valence-corrected chi connectivity index (χ3v) is 5.33. The maximum Gasteiger partial charge on any atom is 0.416 e. The van der Waals surface area contributed by atoms with Gasteiger partial charge < -0.3 is 0 Å². The van der Waals surface area contributed by atoms with Crippen LogP contribution in [0.3, 0.4) is 0 Å². The number of hydrogen-bond donors (Lipinski definition) is 0. The number of rotatable bonds is 2. The molecule has 9 heteroatoms. The Morgan fingerprint density at radius 2 is 1.93 bits per heavy atom. The van der Waals surface area contributed by atoms with Gasteiger partial charge in [-0.2, -0.15) is 35.0 Å². The Labute approximate surface area is 158 Å². The number of benzene rings is 1. The number of aromatic nitrogens is 1. The lowest BCUT2D eigenvalue weighted by Gasteiger charge is -2.09. The summed E-state index contributed by atoms with van der Waals surface area (Å²) in [6.07, 6.45) is -3.01. The molecule has 3 rings (SSSR count). The summed E-state index contributed by atoms with van der Waals surface area (Å²) in [5, 5.41) is 22.0. The topological polar surface area (TPSA) is 69.6 Å². The van der Waals surface area contributed by atoms with Crippen molar-refractivity contribution in [2.45, 2.75) is 6.18 Å². The zero-order valence-corrected chi connectivity index (χ0v) is 15.0. The van der Waals surface area contributed by atoms with E-state index in [9.17, 15) is 28.5 Å². The van der Waals surface area contributed by atoms with E-state index >= 15 is 0 Å². The molecule has 0 amide bonds. The number of hydrogen-bond acceptors (Lipinski definition) is 5. The first kappa shape index (κ1) is 18.6. The minimum Gasteiger partial charge on any atom is -0.267 e. The smallest absolute Gasteiger partial charge is 0.267 e. The first-order valence-corrected chi connectivity index (χ1v) is 9.09. The highest BCUT2D eigenvalue weighted by Crippen LogP contribution is 2.29. The van der Waals surface area contributed by atoms with E-state index in [1.54, 1.807) is 29.7 Å². The third-order valence-electron chi connectivity index (χ3n) is 3.53. The number of thiophene rings is 1. The molecule has 0 N–H and O–H groups in total. The number of nitrogens with zero attached hydrogens (tertiary/aromatic N) is 3. The predicted octanol–water partition coefficient (Wildman–Crippen LogP) is 3.01. The van der Waals surface area contributed by atoms with Crippen molar-refractivity contribution < 1.29 is 13.2 Å². The van der Waals surface area contributed by atoms with E-state index in [0.29, 0.717) is 0 Å². The molecule has 4 nitrogen and oxygen atoms in total. The number of alkyl halides is 3. The third kappa shape index (κ3) is 3.70. The maximum atomic E-state index is 13.0. The van der Waals surface area contributed by atoms with Crippen LogP contribution in [-0.2, 0) is 6.18 Å². The molecule has 0 unspecified atom stereocenters.